The van der Waals surface area contributed by atoms with Crippen molar-refractivity contribution in [2.75, 3.05) is 0 Å². The van der Waals surface area contributed by atoms with Gasteiger partial charge in [0.15, 0.2) is 0 Å². The second-order valence-corrected chi connectivity index (χ2v) is 7.96. The summed E-state index contributed by atoms with van der Waals surface area (Å²) in [4.78, 5) is 10.3. The van der Waals surface area contributed by atoms with Crippen molar-refractivity contribution in [2.45, 2.75) is 52.9 Å². The maximum Gasteiger partial charge on any atom is 0.0969 e. The predicted molar refractivity (Wildman–Crippen MR) is 120 cm³/mol. The van der Waals surface area contributed by atoms with Gasteiger partial charge in [0.05, 0.1) is 22.8 Å². The highest BCUT2D eigenvalue weighted by Crippen LogP contribution is 2.36. The standard InChI is InChI=1S/C26H30N2/c1-7-17-26(6,8-2)25-20(5)27-23(21-13-9-18(3)10-14-21)24(28-25)22-15-11-19(4)12-16-22/h8-16H,2,7,17H2,1,3-6H3/t26-/m0/s1. The van der Waals surface area contributed by atoms with Gasteiger partial charge in [-0.3, -0.25) is 0 Å². The van der Waals surface area contributed by atoms with Crippen molar-refractivity contribution in [3.8, 4) is 22.5 Å². The van der Waals surface area contributed by atoms with Crippen LogP contribution in [0, 0.1) is 20.8 Å². The molecule has 0 saturated carbocycles. The summed E-state index contributed by atoms with van der Waals surface area (Å²) in [6, 6.07) is 17.1. The molecule has 0 aliphatic rings. The van der Waals surface area contributed by atoms with Gasteiger partial charge in [-0.1, -0.05) is 86.0 Å². The monoisotopic (exact) mass is 370 g/mol. The van der Waals surface area contributed by atoms with Crippen molar-refractivity contribution >= 4 is 0 Å². The zero-order chi connectivity index (χ0) is 20.3. The van der Waals surface area contributed by atoms with Gasteiger partial charge in [-0.15, -0.1) is 6.58 Å². The molecule has 2 nitrogen and oxygen atoms in total. The minimum absolute atomic E-state index is 0.183. The molecule has 1 aromatic heterocycles. The van der Waals surface area contributed by atoms with E-state index in [1.807, 2.05) is 6.08 Å². The van der Waals surface area contributed by atoms with Crippen LogP contribution in [0.15, 0.2) is 61.2 Å². The average molecular weight is 371 g/mol. The number of rotatable bonds is 6. The molecular weight excluding hydrogens is 340 g/mol. The number of aromatic nitrogens is 2. The first kappa shape index (κ1) is 20.0. The topological polar surface area (TPSA) is 25.8 Å². The van der Waals surface area contributed by atoms with Gasteiger partial charge in [0.2, 0.25) is 0 Å². The zero-order valence-corrected chi connectivity index (χ0v) is 17.7. The molecule has 0 aliphatic carbocycles. The van der Waals surface area contributed by atoms with E-state index in [4.69, 9.17) is 9.97 Å². The van der Waals surface area contributed by atoms with Crippen molar-refractivity contribution in [1.29, 1.82) is 0 Å². The van der Waals surface area contributed by atoms with E-state index in [0.717, 1.165) is 46.7 Å². The summed E-state index contributed by atoms with van der Waals surface area (Å²) < 4.78 is 0. The predicted octanol–water partition coefficient (Wildman–Crippen LogP) is 6.98. The first-order valence-electron chi connectivity index (χ1n) is 10.0. The number of allylic oxidation sites excluding steroid dienone is 1. The molecule has 0 bridgehead atoms. The fourth-order valence-electron chi connectivity index (χ4n) is 3.72. The SMILES string of the molecule is C=C[C@@](C)(CCC)c1nc(-c2ccc(C)cc2)c(-c2ccc(C)cc2)nc1C. The lowest BCUT2D eigenvalue weighted by Gasteiger charge is -2.27. The van der Waals surface area contributed by atoms with Crippen LogP contribution in [0.1, 0.15) is 49.2 Å². The second kappa shape index (κ2) is 8.10. The quantitative estimate of drug-likeness (QED) is 0.437. The van der Waals surface area contributed by atoms with Crippen molar-refractivity contribution in [2.24, 2.45) is 0 Å². The molecule has 1 atom stereocenters. The first-order valence-corrected chi connectivity index (χ1v) is 10.0. The average Bonchev–Trinajstić information content (AvgIpc) is 2.69. The number of aryl methyl sites for hydroxylation is 3. The lowest BCUT2D eigenvalue weighted by Crippen LogP contribution is -2.23. The number of hydrogen-bond acceptors (Lipinski definition) is 2. The summed E-state index contributed by atoms with van der Waals surface area (Å²) >= 11 is 0. The molecule has 0 aliphatic heterocycles. The van der Waals surface area contributed by atoms with Gasteiger partial charge in [0.1, 0.15) is 0 Å². The molecule has 0 N–H and O–H groups in total. The van der Waals surface area contributed by atoms with Crippen LogP contribution in [-0.4, -0.2) is 9.97 Å². The fraction of sp³-hybridized carbons (Fsp3) is 0.308. The molecule has 3 rings (SSSR count). The van der Waals surface area contributed by atoms with Crippen molar-refractivity contribution < 1.29 is 0 Å². The summed E-state index contributed by atoms with van der Waals surface area (Å²) in [5.74, 6) is 0. The molecule has 0 amide bonds. The van der Waals surface area contributed by atoms with E-state index in [1.54, 1.807) is 0 Å². The molecule has 0 radical (unpaired) electrons. The van der Waals surface area contributed by atoms with E-state index in [2.05, 4.69) is 89.7 Å². The highest BCUT2D eigenvalue weighted by Gasteiger charge is 2.28. The lowest BCUT2D eigenvalue weighted by molar-refractivity contribution is 0.511. The molecular formula is C26H30N2. The highest BCUT2D eigenvalue weighted by molar-refractivity contribution is 5.78. The van der Waals surface area contributed by atoms with Crippen LogP contribution in [0.25, 0.3) is 22.5 Å². The molecule has 3 aromatic rings. The number of nitrogens with zero attached hydrogens (tertiary/aromatic N) is 2. The summed E-state index contributed by atoms with van der Waals surface area (Å²) in [6.45, 7) is 14.8. The van der Waals surface area contributed by atoms with Crippen LogP contribution in [0.3, 0.4) is 0 Å². The third-order valence-electron chi connectivity index (χ3n) is 5.48. The fourth-order valence-corrected chi connectivity index (χ4v) is 3.72. The van der Waals surface area contributed by atoms with Crippen molar-refractivity contribution in [1.82, 2.24) is 9.97 Å². The van der Waals surface area contributed by atoms with E-state index in [-0.39, 0.29) is 5.41 Å². The normalized spacial score (nSPS) is 13.2. The van der Waals surface area contributed by atoms with Gasteiger partial charge in [-0.2, -0.15) is 0 Å². The third-order valence-corrected chi connectivity index (χ3v) is 5.48. The van der Waals surface area contributed by atoms with Crippen LogP contribution in [0.4, 0.5) is 0 Å². The van der Waals surface area contributed by atoms with E-state index >= 15 is 0 Å². The van der Waals surface area contributed by atoms with Gasteiger partial charge >= 0.3 is 0 Å². The minimum atomic E-state index is -0.183. The van der Waals surface area contributed by atoms with E-state index in [9.17, 15) is 0 Å². The Labute approximate surface area is 169 Å². The molecule has 144 valence electrons. The highest BCUT2D eigenvalue weighted by atomic mass is 14.9. The Balaban J connectivity index is 2.27. The van der Waals surface area contributed by atoms with Crippen LogP contribution >= 0.6 is 0 Å². The molecule has 2 heteroatoms. The van der Waals surface area contributed by atoms with Crippen molar-refractivity contribution in [3.05, 3.63) is 83.7 Å². The largest absolute Gasteiger partial charge is 0.249 e. The van der Waals surface area contributed by atoms with Crippen LogP contribution in [0.5, 0.6) is 0 Å². The maximum atomic E-state index is 5.20. The molecule has 1 heterocycles. The summed E-state index contributed by atoms with van der Waals surface area (Å²) in [5.41, 5.74) is 8.36. The molecule has 0 spiro atoms. The Morgan fingerprint density at radius 3 is 1.71 bits per heavy atom. The summed E-state index contributed by atoms with van der Waals surface area (Å²) in [6.07, 6.45) is 4.10. The molecule has 0 saturated heterocycles. The van der Waals surface area contributed by atoms with Crippen LogP contribution in [-0.2, 0) is 5.41 Å². The Hall–Kier alpha value is -2.74. The van der Waals surface area contributed by atoms with Gasteiger partial charge in [0.25, 0.3) is 0 Å². The first-order chi connectivity index (χ1) is 13.4. The Morgan fingerprint density at radius 2 is 1.29 bits per heavy atom. The Morgan fingerprint density at radius 1 is 0.821 bits per heavy atom. The van der Waals surface area contributed by atoms with E-state index in [1.165, 1.54) is 11.1 Å². The smallest absolute Gasteiger partial charge is 0.0969 e. The van der Waals surface area contributed by atoms with Crippen LogP contribution in [0.2, 0.25) is 0 Å². The van der Waals surface area contributed by atoms with Gasteiger partial charge in [-0.05, 0) is 27.2 Å². The third kappa shape index (κ3) is 3.91. The summed E-state index contributed by atoms with van der Waals surface area (Å²) in [5, 5.41) is 0. The van der Waals surface area contributed by atoms with Gasteiger partial charge < -0.3 is 0 Å². The Bertz CT molecular complexity index is 969. The lowest BCUT2D eigenvalue weighted by atomic mass is 9.81. The van der Waals surface area contributed by atoms with Crippen LogP contribution < -0.4 is 0 Å². The van der Waals surface area contributed by atoms with E-state index < -0.39 is 0 Å². The number of benzene rings is 2. The zero-order valence-electron chi connectivity index (χ0n) is 17.7. The van der Waals surface area contributed by atoms with Gasteiger partial charge in [-0.25, -0.2) is 9.97 Å². The Kier molecular flexibility index (Phi) is 5.79. The second-order valence-electron chi connectivity index (χ2n) is 7.96. The van der Waals surface area contributed by atoms with Crippen molar-refractivity contribution in [3.63, 3.8) is 0 Å². The summed E-state index contributed by atoms with van der Waals surface area (Å²) in [7, 11) is 0. The van der Waals surface area contributed by atoms with Gasteiger partial charge in [0, 0.05) is 16.5 Å². The maximum absolute atomic E-state index is 5.20. The minimum Gasteiger partial charge on any atom is -0.249 e. The molecule has 2 aromatic carbocycles. The molecule has 28 heavy (non-hydrogen) atoms. The number of hydrogen-bond donors (Lipinski definition) is 0. The molecule has 0 fully saturated rings. The van der Waals surface area contributed by atoms with E-state index in [0.29, 0.717) is 0 Å². The molecule has 0 unspecified atom stereocenters.